The second kappa shape index (κ2) is 6.74. The molecule has 1 heterocycles. The maximum absolute atomic E-state index is 2.35. The molecule has 0 amide bonds. The van der Waals surface area contributed by atoms with Gasteiger partial charge in [0, 0.05) is 37.0 Å². The van der Waals surface area contributed by atoms with Gasteiger partial charge in [-0.2, -0.15) is 4.57 Å². The van der Waals surface area contributed by atoms with Crippen molar-refractivity contribution in [1.82, 2.24) is 0 Å². The van der Waals surface area contributed by atoms with Crippen LogP contribution in [0.1, 0.15) is 19.4 Å². The zero-order valence-electron chi connectivity index (χ0n) is 11.7. The van der Waals surface area contributed by atoms with Crippen molar-refractivity contribution >= 4 is 18.0 Å². The quantitative estimate of drug-likeness (QED) is 0.740. The van der Waals surface area contributed by atoms with Gasteiger partial charge in [-0.3, -0.25) is 0 Å². The summed E-state index contributed by atoms with van der Waals surface area (Å²) in [7, 11) is 0. The standard InChI is InChI=1S/C17H21N2/c1-3-19(4-2)17-10-8-16(9-11-17)12-15-18-13-6-5-7-14-18/h5-15H,3-4H2,1-2H3/q+1. The van der Waals surface area contributed by atoms with Crippen molar-refractivity contribution in [3.63, 3.8) is 0 Å². The number of hydrogen-bond donors (Lipinski definition) is 0. The Morgan fingerprint density at radius 1 is 0.947 bits per heavy atom. The van der Waals surface area contributed by atoms with Crippen molar-refractivity contribution in [1.29, 1.82) is 0 Å². The van der Waals surface area contributed by atoms with Crippen LogP contribution < -0.4 is 9.47 Å². The lowest BCUT2D eigenvalue weighted by Gasteiger charge is -2.20. The molecule has 98 valence electrons. The number of nitrogens with zero attached hydrogens (tertiary/aromatic N) is 2. The number of rotatable bonds is 5. The molecule has 0 unspecified atom stereocenters. The van der Waals surface area contributed by atoms with Crippen LogP contribution in [0, 0.1) is 0 Å². The lowest BCUT2D eigenvalue weighted by Crippen LogP contribution is -2.23. The highest BCUT2D eigenvalue weighted by Gasteiger charge is 2.00. The second-order valence-electron chi connectivity index (χ2n) is 4.40. The highest BCUT2D eigenvalue weighted by atomic mass is 15.1. The topological polar surface area (TPSA) is 7.12 Å². The molecule has 0 N–H and O–H groups in total. The number of pyridine rings is 1. The van der Waals surface area contributed by atoms with Gasteiger partial charge in [0.1, 0.15) is 0 Å². The van der Waals surface area contributed by atoms with Crippen LogP contribution in [0.4, 0.5) is 5.69 Å². The molecule has 2 rings (SSSR count). The van der Waals surface area contributed by atoms with Gasteiger partial charge >= 0.3 is 0 Å². The number of aromatic nitrogens is 1. The minimum atomic E-state index is 1.05. The van der Waals surface area contributed by atoms with Crippen molar-refractivity contribution < 1.29 is 4.57 Å². The van der Waals surface area contributed by atoms with Crippen LogP contribution in [0.25, 0.3) is 12.3 Å². The van der Waals surface area contributed by atoms with E-state index in [-0.39, 0.29) is 0 Å². The molecule has 0 aliphatic carbocycles. The first-order valence-electron chi connectivity index (χ1n) is 6.82. The summed E-state index contributed by atoms with van der Waals surface area (Å²) < 4.78 is 2.04. The molecule has 0 atom stereocenters. The maximum atomic E-state index is 2.35. The molecule has 0 aliphatic rings. The zero-order chi connectivity index (χ0) is 13.5. The van der Waals surface area contributed by atoms with Crippen molar-refractivity contribution in [3.05, 3.63) is 60.4 Å². The minimum absolute atomic E-state index is 1.05. The largest absolute Gasteiger partial charge is 0.372 e. The van der Waals surface area contributed by atoms with Crippen LogP contribution in [0.2, 0.25) is 0 Å². The van der Waals surface area contributed by atoms with Crippen molar-refractivity contribution in [3.8, 4) is 0 Å². The van der Waals surface area contributed by atoms with E-state index in [4.69, 9.17) is 0 Å². The van der Waals surface area contributed by atoms with E-state index in [9.17, 15) is 0 Å². The summed E-state index contributed by atoms with van der Waals surface area (Å²) in [4.78, 5) is 2.35. The van der Waals surface area contributed by atoms with Gasteiger partial charge < -0.3 is 4.90 Å². The smallest absolute Gasteiger partial charge is 0.175 e. The molecule has 1 aromatic carbocycles. The molecule has 0 spiro atoms. The monoisotopic (exact) mass is 253 g/mol. The van der Waals surface area contributed by atoms with Gasteiger partial charge in [-0.25, -0.2) is 0 Å². The Kier molecular flexibility index (Phi) is 4.73. The van der Waals surface area contributed by atoms with Gasteiger partial charge in [0.2, 0.25) is 0 Å². The summed E-state index contributed by atoms with van der Waals surface area (Å²) in [5.74, 6) is 0. The fourth-order valence-electron chi connectivity index (χ4n) is 2.07. The van der Waals surface area contributed by atoms with Crippen molar-refractivity contribution in [2.24, 2.45) is 0 Å². The molecule has 0 radical (unpaired) electrons. The Morgan fingerprint density at radius 2 is 1.58 bits per heavy atom. The Bertz CT molecular complexity index is 511. The SMILES string of the molecule is CCN(CC)c1ccc(C=C[n+]2ccccc2)cc1. The van der Waals surface area contributed by atoms with E-state index in [1.54, 1.807) is 0 Å². The van der Waals surface area contributed by atoms with E-state index in [1.165, 1.54) is 11.3 Å². The first-order valence-corrected chi connectivity index (χ1v) is 6.82. The van der Waals surface area contributed by atoms with Crippen LogP contribution in [0.3, 0.4) is 0 Å². The second-order valence-corrected chi connectivity index (χ2v) is 4.40. The summed E-state index contributed by atoms with van der Waals surface area (Å²) >= 11 is 0. The molecule has 2 aromatic rings. The van der Waals surface area contributed by atoms with E-state index >= 15 is 0 Å². The summed E-state index contributed by atoms with van der Waals surface area (Å²) in [6, 6.07) is 14.7. The maximum Gasteiger partial charge on any atom is 0.175 e. The Labute approximate surface area is 115 Å². The van der Waals surface area contributed by atoms with Crippen LogP contribution in [-0.4, -0.2) is 13.1 Å². The lowest BCUT2D eigenvalue weighted by molar-refractivity contribution is -0.567. The van der Waals surface area contributed by atoms with Crippen molar-refractivity contribution in [2.45, 2.75) is 13.8 Å². The van der Waals surface area contributed by atoms with Gasteiger partial charge in [0.15, 0.2) is 18.6 Å². The van der Waals surface area contributed by atoms with Gasteiger partial charge in [0.25, 0.3) is 0 Å². The fraction of sp³-hybridized carbons (Fsp3) is 0.235. The van der Waals surface area contributed by atoms with Crippen LogP contribution in [-0.2, 0) is 0 Å². The molecule has 0 saturated heterocycles. The molecule has 2 heteroatoms. The average Bonchev–Trinajstić information content (AvgIpc) is 2.49. The molecule has 1 aromatic heterocycles. The van der Waals surface area contributed by atoms with Gasteiger partial charge in [-0.15, -0.1) is 0 Å². The molecular weight excluding hydrogens is 232 g/mol. The predicted octanol–water partition coefficient (Wildman–Crippen LogP) is 3.45. The van der Waals surface area contributed by atoms with Gasteiger partial charge in [0.05, 0.1) is 0 Å². The minimum Gasteiger partial charge on any atom is -0.372 e. The lowest BCUT2D eigenvalue weighted by atomic mass is 10.2. The van der Waals surface area contributed by atoms with Gasteiger partial charge in [-0.1, -0.05) is 18.2 Å². The molecule has 19 heavy (non-hydrogen) atoms. The average molecular weight is 253 g/mol. The molecule has 0 aliphatic heterocycles. The Balaban J connectivity index is 2.09. The van der Waals surface area contributed by atoms with Crippen molar-refractivity contribution in [2.75, 3.05) is 18.0 Å². The Morgan fingerprint density at radius 3 is 2.16 bits per heavy atom. The fourth-order valence-corrected chi connectivity index (χ4v) is 2.07. The molecule has 2 nitrogen and oxygen atoms in total. The van der Waals surface area contributed by atoms with E-state index < -0.39 is 0 Å². The first kappa shape index (κ1) is 13.3. The van der Waals surface area contributed by atoms with Crippen LogP contribution in [0.5, 0.6) is 0 Å². The molecular formula is C17H21N2+. The van der Waals surface area contributed by atoms with E-state index in [0.717, 1.165) is 13.1 Å². The van der Waals surface area contributed by atoms with E-state index in [0.29, 0.717) is 0 Å². The van der Waals surface area contributed by atoms with E-state index in [2.05, 4.69) is 55.3 Å². The molecule has 0 fully saturated rings. The molecule has 0 bridgehead atoms. The Hall–Kier alpha value is -2.09. The summed E-state index contributed by atoms with van der Waals surface area (Å²) in [6.45, 7) is 6.46. The van der Waals surface area contributed by atoms with E-state index in [1.807, 2.05) is 35.2 Å². The van der Waals surface area contributed by atoms with Crippen LogP contribution in [0.15, 0.2) is 54.9 Å². The highest BCUT2D eigenvalue weighted by molar-refractivity contribution is 5.60. The summed E-state index contributed by atoms with van der Waals surface area (Å²) in [5, 5.41) is 0. The third-order valence-electron chi connectivity index (χ3n) is 3.20. The third kappa shape index (κ3) is 3.68. The summed E-state index contributed by atoms with van der Waals surface area (Å²) in [5.41, 5.74) is 2.50. The highest BCUT2D eigenvalue weighted by Crippen LogP contribution is 2.15. The van der Waals surface area contributed by atoms with Gasteiger partial charge in [-0.05, 0) is 31.5 Å². The molecule has 0 saturated carbocycles. The normalized spacial score (nSPS) is 10.8. The number of hydrogen-bond acceptors (Lipinski definition) is 1. The number of benzene rings is 1. The summed E-state index contributed by atoms with van der Waals surface area (Å²) in [6.07, 6.45) is 8.24. The first-order chi connectivity index (χ1) is 9.33. The third-order valence-corrected chi connectivity index (χ3v) is 3.20. The zero-order valence-corrected chi connectivity index (χ0v) is 11.7. The number of anilines is 1. The predicted molar refractivity (Wildman–Crippen MR) is 81.9 cm³/mol. The van der Waals surface area contributed by atoms with Crippen LogP contribution >= 0.6 is 0 Å².